The van der Waals surface area contributed by atoms with E-state index in [0.717, 1.165) is 19.3 Å². The zero-order valence-electron chi connectivity index (χ0n) is 7.69. The molecule has 1 N–H and O–H groups in total. The fourth-order valence-electron chi connectivity index (χ4n) is 2.08. The van der Waals surface area contributed by atoms with Crippen molar-refractivity contribution in [2.45, 2.75) is 37.7 Å². The van der Waals surface area contributed by atoms with Crippen molar-refractivity contribution < 1.29 is 5.11 Å². The average Bonchev–Trinajstić information content (AvgIpc) is 2.19. The predicted molar refractivity (Wildman–Crippen MR) is 51.5 cm³/mol. The minimum absolute atomic E-state index is 0.0982. The van der Waals surface area contributed by atoms with Gasteiger partial charge < -0.3 is 5.11 Å². The lowest BCUT2D eigenvalue weighted by molar-refractivity contribution is 0.119. The minimum atomic E-state index is -0.0982. The van der Waals surface area contributed by atoms with Crippen molar-refractivity contribution in [2.24, 2.45) is 0 Å². The molecule has 70 valence electrons. The van der Waals surface area contributed by atoms with E-state index in [9.17, 15) is 5.11 Å². The molecule has 0 amide bonds. The molecule has 1 fully saturated rings. The van der Waals surface area contributed by atoms with Crippen LogP contribution in [0.5, 0.6) is 0 Å². The van der Waals surface area contributed by atoms with Crippen molar-refractivity contribution >= 4 is 0 Å². The van der Waals surface area contributed by atoms with Crippen molar-refractivity contribution in [3.8, 4) is 0 Å². The lowest BCUT2D eigenvalue weighted by Crippen LogP contribution is -2.18. The fourth-order valence-corrected chi connectivity index (χ4v) is 2.08. The molecule has 0 bridgehead atoms. The summed E-state index contributed by atoms with van der Waals surface area (Å²) in [7, 11) is 0. The maximum Gasteiger partial charge on any atom is 0.0546 e. The highest BCUT2D eigenvalue weighted by Gasteiger charge is 2.21. The molecule has 0 aromatic carbocycles. The van der Waals surface area contributed by atoms with Crippen molar-refractivity contribution in [2.75, 3.05) is 0 Å². The summed E-state index contributed by atoms with van der Waals surface area (Å²) in [6.45, 7) is 0. The topological polar surface area (TPSA) is 33.1 Å². The van der Waals surface area contributed by atoms with Crippen LogP contribution in [0.1, 0.15) is 37.2 Å². The van der Waals surface area contributed by atoms with E-state index in [-0.39, 0.29) is 6.10 Å². The Morgan fingerprint density at radius 2 is 2.31 bits per heavy atom. The fraction of sp³-hybridized carbons (Fsp3) is 0.545. The van der Waals surface area contributed by atoms with Crippen LogP contribution in [0.3, 0.4) is 0 Å². The molecular formula is C11H15NO. The lowest BCUT2D eigenvalue weighted by Gasteiger charge is -2.25. The van der Waals surface area contributed by atoms with Gasteiger partial charge in [-0.05, 0) is 36.8 Å². The van der Waals surface area contributed by atoms with Crippen molar-refractivity contribution in [1.29, 1.82) is 0 Å². The van der Waals surface area contributed by atoms with Gasteiger partial charge >= 0.3 is 0 Å². The van der Waals surface area contributed by atoms with Crippen LogP contribution >= 0.6 is 0 Å². The third-order valence-electron chi connectivity index (χ3n) is 2.80. The number of rotatable bonds is 1. The van der Waals surface area contributed by atoms with Gasteiger partial charge in [-0.25, -0.2) is 0 Å². The Balaban J connectivity index is 2.08. The second-order valence-corrected chi connectivity index (χ2v) is 3.80. The molecule has 0 saturated heterocycles. The molecule has 1 aliphatic rings. The third-order valence-corrected chi connectivity index (χ3v) is 2.80. The third kappa shape index (κ3) is 2.07. The number of aromatic nitrogens is 1. The van der Waals surface area contributed by atoms with Gasteiger partial charge in [-0.3, -0.25) is 4.98 Å². The molecule has 1 aromatic heterocycles. The molecule has 1 saturated carbocycles. The largest absolute Gasteiger partial charge is 0.393 e. The number of aliphatic hydroxyl groups is 1. The molecule has 0 radical (unpaired) electrons. The molecule has 13 heavy (non-hydrogen) atoms. The second-order valence-electron chi connectivity index (χ2n) is 3.80. The first kappa shape index (κ1) is 8.70. The van der Waals surface area contributed by atoms with Gasteiger partial charge in [0.2, 0.25) is 0 Å². The molecule has 0 spiro atoms. The van der Waals surface area contributed by atoms with E-state index in [1.807, 2.05) is 12.3 Å². The van der Waals surface area contributed by atoms with Crippen LogP contribution in [-0.2, 0) is 0 Å². The predicted octanol–water partition coefficient (Wildman–Crippen LogP) is 2.10. The number of aliphatic hydroxyl groups excluding tert-OH is 1. The van der Waals surface area contributed by atoms with Gasteiger partial charge in [0.1, 0.15) is 0 Å². The van der Waals surface area contributed by atoms with Crippen LogP contribution < -0.4 is 0 Å². The number of hydrogen-bond acceptors (Lipinski definition) is 2. The van der Waals surface area contributed by atoms with Crippen LogP contribution in [-0.4, -0.2) is 16.2 Å². The van der Waals surface area contributed by atoms with Crippen LogP contribution in [0.4, 0.5) is 0 Å². The quantitative estimate of drug-likeness (QED) is 0.712. The summed E-state index contributed by atoms with van der Waals surface area (Å²) in [5, 5.41) is 9.52. The Hall–Kier alpha value is -0.890. The average molecular weight is 177 g/mol. The Morgan fingerprint density at radius 3 is 3.00 bits per heavy atom. The van der Waals surface area contributed by atoms with Gasteiger partial charge in [0.05, 0.1) is 6.10 Å². The normalized spacial score (nSPS) is 28.7. The standard InChI is InChI=1S/C11H15NO/c13-11-5-1-3-9(7-11)10-4-2-6-12-8-10/h2,4,6,8-9,11,13H,1,3,5,7H2/t9-,11-/m1/s1. The van der Waals surface area contributed by atoms with E-state index < -0.39 is 0 Å². The van der Waals surface area contributed by atoms with Gasteiger partial charge in [-0.1, -0.05) is 12.5 Å². The second kappa shape index (κ2) is 3.88. The zero-order valence-corrected chi connectivity index (χ0v) is 7.69. The Bertz CT molecular complexity index is 260. The van der Waals surface area contributed by atoms with E-state index >= 15 is 0 Å². The van der Waals surface area contributed by atoms with Gasteiger partial charge in [0, 0.05) is 12.4 Å². The lowest BCUT2D eigenvalue weighted by atomic mass is 9.83. The van der Waals surface area contributed by atoms with Crippen LogP contribution in [0.15, 0.2) is 24.5 Å². The first-order valence-corrected chi connectivity index (χ1v) is 4.94. The van der Waals surface area contributed by atoms with E-state index in [1.165, 1.54) is 12.0 Å². The van der Waals surface area contributed by atoms with E-state index in [4.69, 9.17) is 0 Å². The van der Waals surface area contributed by atoms with Gasteiger partial charge in [-0.2, -0.15) is 0 Å². The maximum absolute atomic E-state index is 9.52. The molecule has 0 aliphatic heterocycles. The van der Waals surface area contributed by atoms with Crippen molar-refractivity contribution in [3.05, 3.63) is 30.1 Å². The Labute approximate surface area is 78.6 Å². The molecule has 0 unspecified atom stereocenters. The molecule has 2 atom stereocenters. The highest BCUT2D eigenvalue weighted by atomic mass is 16.3. The molecule has 2 nitrogen and oxygen atoms in total. The van der Waals surface area contributed by atoms with E-state index in [0.29, 0.717) is 5.92 Å². The smallest absolute Gasteiger partial charge is 0.0546 e. The maximum atomic E-state index is 9.52. The Morgan fingerprint density at radius 1 is 1.38 bits per heavy atom. The zero-order chi connectivity index (χ0) is 9.10. The van der Waals surface area contributed by atoms with Gasteiger partial charge in [0.15, 0.2) is 0 Å². The summed E-state index contributed by atoms with van der Waals surface area (Å²) in [6.07, 6.45) is 7.83. The van der Waals surface area contributed by atoms with Crippen LogP contribution in [0.2, 0.25) is 0 Å². The summed E-state index contributed by atoms with van der Waals surface area (Å²) >= 11 is 0. The van der Waals surface area contributed by atoms with Gasteiger partial charge in [-0.15, -0.1) is 0 Å². The van der Waals surface area contributed by atoms with Crippen molar-refractivity contribution in [3.63, 3.8) is 0 Å². The van der Waals surface area contributed by atoms with Crippen LogP contribution in [0, 0.1) is 0 Å². The molecule has 2 heteroatoms. The monoisotopic (exact) mass is 177 g/mol. The summed E-state index contributed by atoms with van der Waals surface area (Å²) in [4.78, 5) is 4.10. The minimum Gasteiger partial charge on any atom is -0.393 e. The Kier molecular flexibility index (Phi) is 2.60. The molecule has 1 aromatic rings. The molecule has 1 heterocycles. The summed E-state index contributed by atoms with van der Waals surface area (Å²) in [5.41, 5.74) is 1.28. The highest BCUT2D eigenvalue weighted by Crippen LogP contribution is 2.32. The summed E-state index contributed by atoms with van der Waals surface area (Å²) < 4.78 is 0. The molecule has 2 rings (SSSR count). The summed E-state index contributed by atoms with van der Waals surface area (Å²) in [6, 6.07) is 4.08. The number of nitrogens with zero attached hydrogens (tertiary/aromatic N) is 1. The summed E-state index contributed by atoms with van der Waals surface area (Å²) in [5.74, 6) is 0.525. The number of hydrogen-bond donors (Lipinski definition) is 1. The number of pyridine rings is 1. The van der Waals surface area contributed by atoms with Gasteiger partial charge in [0.25, 0.3) is 0 Å². The first-order valence-electron chi connectivity index (χ1n) is 4.94. The van der Waals surface area contributed by atoms with E-state index in [1.54, 1.807) is 6.20 Å². The van der Waals surface area contributed by atoms with E-state index in [2.05, 4.69) is 11.1 Å². The molecule has 1 aliphatic carbocycles. The SMILES string of the molecule is O[C@@H]1CCC[C@@H](c2cccnc2)C1. The molecular weight excluding hydrogens is 162 g/mol. The highest BCUT2D eigenvalue weighted by molar-refractivity contribution is 5.15. The van der Waals surface area contributed by atoms with Crippen LogP contribution in [0.25, 0.3) is 0 Å². The first-order chi connectivity index (χ1) is 6.36. The van der Waals surface area contributed by atoms with Crippen molar-refractivity contribution in [1.82, 2.24) is 4.98 Å².